The summed E-state index contributed by atoms with van der Waals surface area (Å²) in [7, 11) is 0. The number of carbonyl (C=O) groups is 1. The van der Waals surface area contributed by atoms with Crippen LogP contribution in [-0.4, -0.2) is 5.97 Å². The van der Waals surface area contributed by atoms with E-state index in [9.17, 15) is 9.59 Å². The predicted octanol–water partition coefficient (Wildman–Crippen LogP) is 1.71. The summed E-state index contributed by atoms with van der Waals surface area (Å²) in [6.07, 6.45) is 1.82. The van der Waals surface area contributed by atoms with Gasteiger partial charge in [0.05, 0.1) is 5.41 Å². The zero-order valence-electron chi connectivity index (χ0n) is 9.03. The zero-order valence-corrected chi connectivity index (χ0v) is 9.03. The molecule has 0 spiro atoms. The maximum Gasteiger partial charge on any atom is 0.518 e. The summed E-state index contributed by atoms with van der Waals surface area (Å²) in [5.74, 6) is -0.912. The van der Waals surface area contributed by atoms with E-state index in [4.69, 9.17) is 4.74 Å². The molecule has 0 aromatic carbocycles. The van der Waals surface area contributed by atoms with Crippen LogP contribution < -0.4 is 5.82 Å². The summed E-state index contributed by atoms with van der Waals surface area (Å²) >= 11 is 0. The minimum absolute atomic E-state index is 0.0754. The van der Waals surface area contributed by atoms with Gasteiger partial charge in [-0.2, -0.15) is 0 Å². The first-order valence-electron chi connectivity index (χ1n) is 4.70. The molecule has 0 atom stereocenters. The normalized spacial score (nSPS) is 11.4. The third-order valence-electron chi connectivity index (χ3n) is 2.28. The van der Waals surface area contributed by atoms with Crippen molar-refractivity contribution >= 4 is 5.97 Å². The van der Waals surface area contributed by atoms with E-state index in [2.05, 4.69) is 8.83 Å². The van der Waals surface area contributed by atoms with Crippen molar-refractivity contribution in [1.82, 2.24) is 0 Å². The Bertz CT molecular complexity index is 385. The van der Waals surface area contributed by atoms with Crippen molar-refractivity contribution in [3.63, 3.8) is 0 Å². The molecule has 1 rings (SSSR count). The first-order valence-corrected chi connectivity index (χ1v) is 4.70. The lowest BCUT2D eigenvalue weighted by molar-refractivity contribution is -0.156. The minimum atomic E-state index is -0.796. The SMILES string of the molecule is CCC(C)(C)C(=O)OCc1coc(=O)o1. The molecule has 0 saturated carbocycles. The number of ether oxygens (including phenoxy) is 1. The summed E-state index contributed by atoms with van der Waals surface area (Å²) < 4.78 is 13.9. The van der Waals surface area contributed by atoms with E-state index in [0.29, 0.717) is 6.42 Å². The van der Waals surface area contributed by atoms with Gasteiger partial charge < -0.3 is 13.6 Å². The average molecular weight is 214 g/mol. The van der Waals surface area contributed by atoms with Gasteiger partial charge in [-0.1, -0.05) is 6.92 Å². The Hall–Kier alpha value is -1.52. The van der Waals surface area contributed by atoms with Crippen molar-refractivity contribution in [2.24, 2.45) is 5.41 Å². The van der Waals surface area contributed by atoms with Gasteiger partial charge in [-0.25, -0.2) is 4.79 Å². The molecule has 0 aliphatic heterocycles. The van der Waals surface area contributed by atoms with Gasteiger partial charge in [-0.05, 0) is 20.3 Å². The van der Waals surface area contributed by atoms with Crippen LogP contribution in [0.3, 0.4) is 0 Å². The predicted molar refractivity (Wildman–Crippen MR) is 51.1 cm³/mol. The highest BCUT2D eigenvalue weighted by Crippen LogP contribution is 2.21. The summed E-state index contributed by atoms with van der Waals surface area (Å²) in [6.45, 7) is 5.41. The van der Waals surface area contributed by atoms with E-state index in [1.807, 2.05) is 6.92 Å². The number of rotatable bonds is 4. The molecular weight excluding hydrogens is 200 g/mol. The molecule has 84 valence electrons. The van der Waals surface area contributed by atoms with Crippen molar-refractivity contribution < 1.29 is 18.4 Å². The van der Waals surface area contributed by atoms with Gasteiger partial charge >= 0.3 is 11.8 Å². The molecule has 15 heavy (non-hydrogen) atoms. The third-order valence-corrected chi connectivity index (χ3v) is 2.28. The lowest BCUT2D eigenvalue weighted by Gasteiger charge is -2.19. The van der Waals surface area contributed by atoms with Crippen molar-refractivity contribution in [3.8, 4) is 0 Å². The van der Waals surface area contributed by atoms with Crippen LogP contribution in [0.15, 0.2) is 19.9 Å². The van der Waals surface area contributed by atoms with Crippen molar-refractivity contribution in [2.45, 2.75) is 33.8 Å². The maximum absolute atomic E-state index is 11.5. The lowest BCUT2D eigenvalue weighted by Crippen LogP contribution is -2.25. The van der Waals surface area contributed by atoms with Gasteiger partial charge in [0, 0.05) is 0 Å². The fourth-order valence-electron chi connectivity index (χ4n) is 0.809. The number of esters is 1. The molecule has 0 radical (unpaired) electrons. The van der Waals surface area contributed by atoms with E-state index in [-0.39, 0.29) is 18.3 Å². The summed E-state index contributed by atoms with van der Waals surface area (Å²) in [5.41, 5.74) is -0.524. The fraction of sp³-hybridized carbons (Fsp3) is 0.600. The first kappa shape index (κ1) is 11.6. The molecule has 0 bridgehead atoms. The van der Waals surface area contributed by atoms with E-state index in [0.717, 1.165) is 6.26 Å². The van der Waals surface area contributed by atoms with E-state index < -0.39 is 11.2 Å². The standard InChI is InChI=1S/C10H14O5/c1-4-10(2,3)8(11)13-5-7-6-14-9(12)15-7/h6H,4-5H2,1-3H3. The molecule has 0 aliphatic carbocycles. The van der Waals surface area contributed by atoms with Gasteiger partial charge in [0.1, 0.15) is 6.26 Å². The van der Waals surface area contributed by atoms with Gasteiger partial charge in [0.25, 0.3) is 0 Å². The van der Waals surface area contributed by atoms with Crippen LogP contribution >= 0.6 is 0 Å². The monoisotopic (exact) mass is 214 g/mol. The summed E-state index contributed by atoms with van der Waals surface area (Å²) in [4.78, 5) is 22.0. The smallest absolute Gasteiger partial charge is 0.457 e. The first-order chi connectivity index (χ1) is 6.95. The van der Waals surface area contributed by atoms with Crippen molar-refractivity contribution in [1.29, 1.82) is 0 Å². The van der Waals surface area contributed by atoms with Crippen LogP contribution in [0.5, 0.6) is 0 Å². The molecular formula is C10H14O5. The Morgan fingerprint density at radius 2 is 2.20 bits per heavy atom. The molecule has 5 nitrogen and oxygen atoms in total. The molecule has 0 saturated heterocycles. The molecule has 0 amide bonds. The van der Waals surface area contributed by atoms with Gasteiger partial charge in [0.15, 0.2) is 12.4 Å². The molecule has 0 fully saturated rings. The second-order valence-electron chi connectivity index (χ2n) is 3.87. The largest absolute Gasteiger partial charge is 0.518 e. The Morgan fingerprint density at radius 1 is 1.53 bits per heavy atom. The number of hydrogen-bond acceptors (Lipinski definition) is 5. The molecule has 0 unspecified atom stereocenters. The van der Waals surface area contributed by atoms with Crippen LogP contribution in [0.4, 0.5) is 0 Å². The molecule has 0 aliphatic rings. The van der Waals surface area contributed by atoms with Gasteiger partial charge in [-0.15, -0.1) is 0 Å². The zero-order chi connectivity index (χ0) is 11.5. The molecule has 5 heteroatoms. The highest BCUT2D eigenvalue weighted by Gasteiger charge is 2.27. The van der Waals surface area contributed by atoms with Crippen molar-refractivity contribution in [2.75, 3.05) is 0 Å². The van der Waals surface area contributed by atoms with Crippen LogP contribution in [0.1, 0.15) is 33.0 Å². The van der Waals surface area contributed by atoms with Crippen LogP contribution in [-0.2, 0) is 16.1 Å². The Balaban J connectivity index is 2.51. The Kier molecular flexibility index (Phi) is 3.34. The second-order valence-corrected chi connectivity index (χ2v) is 3.87. The fourth-order valence-corrected chi connectivity index (χ4v) is 0.809. The number of carbonyl (C=O) groups excluding carboxylic acids is 1. The highest BCUT2D eigenvalue weighted by atomic mass is 16.6. The van der Waals surface area contributed by atoms with E-state index in [1.54, 1.807) is 13.8 Å². The quantitative estimate of drug-likeness (QED) is 0.713. The van der Waals surface area contributed by atoms with E-state index in [1.165, 1.54) is 0 Å². The molecule has 0 N–H and O–H groups in total. The highest BCUT2D eigenvalue weighted by molar-refractivity contribution is 5.75. The number of hydrogen-bond donors (Lipinski definition) is 0. The Labute approximate surface area is 87.0 Å². The van der Waals surface area contributed by atoms with Crippen LogP contribution in [0.2, 0.25) is 0 Å². The molecule has 1 aromatic rings. The summed E-state index contributed by atoms with van der Waals surface area (Å²) in [5, 5.41) is 0. The molecule has 1 heterocycles. The van der Waals surface area contributed by atoms with Crippen LogP contribution in [0, 0.1) is 5.41 Å². The van der Waals surface area contributed by atoms with E-state index >= 15 is 0 Å². The van der Waals surface area contributed by atoms with Crippen LogP contribution in [0.25, 0.3) is 0 Å². The van der Waals surface area contributed by atoms with Gasteiger partial charge in [-0.3, -0.25) is 4.79 Å². The molecule has 1 aromatic heterocycles. The third kappa shape index (κ3) is 2.97. The topological polar surface area (TPSA) is 69.7 Å². The Morgan fingerprint density at radius 3 is 2.67 bits per heavy atom. The van der Waals surface area contributed by atoms with Crippen molar-refractivity contribution in [3.05, 3.63) is 22.6 Å². The second kappa shape index (κ2) is 4.33. The lowest BCUT2D eigenvalue weighted by atomic mass is 9.91. The average Bonchev–Trinajstić information content (AvgIpc) is 2.60. The maximum atomic E-state index is 11.5. The van der Waals surface area contributed by atoms with Gasteiger partial charge in [0.2, 0.25) is 0 Å². The summed E-state index contributed by atoms with van der Waals surface area (Å²) in [6, 6.07) is 0. The minimum Gasteiger partial charge on any atom is -0.457 e.